The van der Waals surface area contributed by atoms with E-state index in [2.05, 4.69) is 12.2 Å². The van der Waals surface area contributed by atoms with E-state index in [1.165, 1.54) is 0 Å². The summed E-state index contributed by atoms with van der Waals surface area (Å²) in [5.41, 5.74) is 0.281. The van der Waals surface area contributed by atoms with Gasteiger partial charge in [0.15, 0.2) is 0 Å². The number of hydrogen-bond donors (Lipinski definition) is 2. The molecule has 1 saturated carbocycles. The Morgan fingerprint density at radius 2 is 2.31 bits per heavy atom. The van der Waals surface area contributed by atoms with E-state index in [4.69, 9.17) is 0 Å². The molecule has 3 nitrogen and oxygen atoms in total. The third-order valence-electron chi connectivity index (χ3n) is 2.80. The van der Waals surface area contributed by atoms with Crippen LogP contribution in [0.5, 0.6) is 0 Å². The first-order valence-corrected chi connectivity index (χ1v) is 6.79. The standard InChI is InChI=1S/C12H21NO2S/c1-4-16-10-5-6-12(10,15)8-13-11(14)7-9(2)3/h7,10,15H,4-6,8H2,1-3H3,(H,13,14)/t10-,12+/m0/s1. The van der Waals surface area contributed by atoms with E-state index in [1.807, 2.05) is 13.8 Å². The second kappa shape index (κ2) is 5.73. The van der Waals surface area contributed by atoms with Gasteiger partial charge in [-0.1, -0.05) is 12.5 Å². The molecule has 0 unspecified atom stereocenters. The van der Waals surface area contributed by atoms with Gasteiger partial charge in [-0.2, -0.15) is 11.8 Å². The van der Waals surface area contributed by atoms with Gasteiger partial charge in [0, 0.05) is 17.9 Å². The maximum absolute atomic E-state index is 11.4. The smallest absolute Gasteiger partial charge is 0.244 e. The zero-order valence-corrected chi connectivity index (χ0v) is 11.1. The molecule has 16 heavy (non-hydrogen) atoms. The Bertz CT molecular complexity index is 287. The van der Waals surface area contributed by atoms with Crippen LogP contribution in [0.25, 0.3) is 0 Å². The molecule has 0 aromatic rings. The van der Waals surface area contributed by atoms with Crippen molar-refractivity contribution < 1.29 is 9.90 Å². The molecule has 0 bridgehead atoms. The molecule has 0 saturated heterocycles. The largest absolute Gasteiger partial charge is 0.387 e. The molecule has 0 aliphatic heterocycles. The number of carbonyl (C=O) groups is 1. The Balaban J connectivity index is 2.37. The van der Waals surface area contributed by atoms with Crippen molar-refractivity contribution in [3.05, 3.63) is 11.6 Å². The highest BCUT2D eigenvalue weighted by Crippen LogP contribution is 2.40. The lowest BCUT2D eigenvalue weighted by atomic mass is 9.79. The van der Waals surface area contributed by atoms with Crippen LogP contribution in [-0.2, 0) is 4.79 Å². The van der Waals surface area contributed by atoms with Crippen LogP contribution in [-0.4, -0.2) is 34.2 Å². The minimum absolute atomic E-state index is 0.111. The number of nitrogens with one attached hydrogen (secondary N) is 1. The maximum atomic E-state index is 11.4. The van der Waals surface area contributed by atoms with E-state index in [0.717, 1.165) is 24.2 Å². The molecule has 0 aromatic carbocycles. The lowest BCUT2D eigenvalue weighted by molar-refractivity contribution is -0.118. The Kier molecular flexibility index (Phi) is 4.87. The number of rotatable bonds is 5. The zero-order valence-electron chi connectivity index (χ0n) is 10.2. The van der Waals surface area contributed by atoms with Gasteiger partial charge in [-0.15, -0.1) is 0 Å². The summed E-state index contributed by atoms with van der Waals surface area (Å²) in [6.45, 7) is 6.22. The molecule has 1 rings (SSSR count). The monoisotopic (exact) mass is 243 g/mol. The number of aliphatic hydroxyl groups is 1. The van der Waals surface area contributed by atoms with E-state index >= 15 is 0 Å². The molecule has 1 aliphatic carbocycles. The van der Waals surface area contributed by atoms with Gasteiger partial charge >= 0.3 is 0 Å². The zero-order chi connectivity index (χ0) is 12.2. The second-order valence-electron chi connectivity index (χ2n) is 4.53. The van der Waals surface area contributed by atoms with Crippen molar-refractivity contribution in [1.29, 1.82) is 0 Å². The van der Waals surface area contributed by atoms with Crippen molar-refractivity contribution in [3.8, 4) is 0 Å². The second-order valence-corrected chi connectivity index (χ2v) is 6.01. The van der Waals surface area contributed by atoms with Crippen LogP contribution in [0.2, 0.25) is 0 Å². The molecule has 1 amide bonds. The molecule has 1 fully saturated rings. The van der Waals surface area contributed by atoms with Gasteiger partial charge in [0.2, 0.25) is 5.91 Å². The van der Waals surface area contributed by atoms with E-state index in [-0.39, 0.29) is 11.2 Å². The highest BCUT2D eigenvalue weighted by atomic mass is 32.2. The first-order chi connectivity index (χ1) is 7.48. The summed E-state index contributed by atoms with van der Waals surface area (Å²) in [5.74, 6) is 0.898. The molecule has 92 valence electrons. The summed E-state index contributed by atoms with van der Waals surface area (Å²) in [7, 11) is 0. The topological polar surface area (TPSA) is 49.3 Å². The van der Waals surface area contributed by atoms with Crippen molar-refractivity contribution in [1.82, 2.24) is 5.32 Å². The Morgan fingerprint density at radius 3 is 2.75 bits per heavy atom. The Hall–Kier alpha value is -0.480. The number of hydrogen-bond acceptors (Lipinski definition) is 3. The Morgan fingerprint density at radius 1 is 1.62 bits per heavy atom. The summed E-state index contributed by atoms with van der Waals surface area (Å²) in [4.78, 5) is 11.4. The summed E-state index contributed by atoms with van der Waals surface area (Å²) < 4.78 is 0. The Labute approximate surface area is 102 Å². The fourth-order valence-electron chi connectivity index (χ4n) is 1.79. The molecule has 2 atom stereocenters. The van der Waals surface area contributed by atoms with Crippen LogP contribution < -0.4 is 5.32 Å². The minimum atomic E-state index is -0.689. The molecule has 0 heterocycles. The summed E-state index contributed by atoms with van der Waals surface area (Å²) in [6.07, 6.45) is 3.40. The first kappa shape index (κ1) is 13.6. The van der Waals surface area contributed by atoms with Crippen molar-refractivity contribution in [3.63, 3.8) is 0 Å². The summed E-state index contributed by atoms with van der Waals surface area (Å²) in [6, 6.07) is 0. The number of amides is 1. The predicted octanol–water partition coefficient (Wildman–Crippen LogP) is 1.72. The van der Waals surface area contributed by atoms with Crippen molar-refractivity contribution >= 4 is 17.7 Å². The van der Waals surface area contributed by atoms with Crippen LogP contribution >= 0.6 is 11.8 Å². The van der Waals surface area contributed by atoms with Gasteiger partial charge in [-0.05, 0) is 32.4 Å². The SMILES string of the molecule is CCS[C@H]1CC[C@@]1(O)CNC(=O)C=C(C)C. The lowest BCUT2D eigenvalue weighted by Crippen LogP contribution is -2.56. The van der Waals surface area contributed by atoms with E-state index in [1.54, 1.807) is 17.8 Å². The third-order valence-corrected chi connectivity index (χ3v) is 4.21. The van der Waals surface area contributed by atoms with Gasteiger partial charge in [-0.25, -0.2) is 0 Å². The minimum Gasteiger partial charge on any atom is -0.387 e. The molecule has 0 spiro atoms. The highest BCUT2D eigenvalue weighted by molar-refractivity contribution is 8.00. The van der Waals surface area contributed by atoms with Crippen LogP contribution in [0.1, 0.15) is 33.6 Å². The highest BCUT2D eigenvalue weighted by Gasteiger charge is 2.45. The van der Waals surface area contributed by atoms with Crippen molar-refractivity contribution in [2.75, 3.05) is 12.3 Å². The fourth-order valence-corrected chi connectivity index (χ4v) is 2.99. The van der Waals surface area contributed by atoms with Crippen LogP contribution in [0, 0.1) is 0 Å². The number of allylic oxidation sites excluding steroid dienone is 1. The van der Waals surface area contributed by atoms with Gasteiger partial charge in [0.25, 0.3) is 0 Å². The normalized spacial score (nSPS) is 28.1. The fraction of sp³-hybridized carbons (Fsp3) is 0.750. The quantitative estimate of drug-likeness (QED) is 0.723. The molecular formula is C12H21NO2S. The summed E-state index contributed by atoms with van der Waals surface area (Å²) in [5, 5.41) is 13.3. The van der Waals surface area contributed by atoms with E-state index < -0.39 is 5.60 Å². The molecule has 4 heteroatoms. The van der Waals surface area contributed by atoms with Gasteiger partial charge in [0.05, 0.1) is 5.60 Å². The predicted molar refractivity (Wildman–Crippen MR) is 68.5 cm³/mol. The van der Waals surface area contributed by atoms with E-state index in [0.29, 0.717) is 6.54 Å². The van der Waals surface area contributed by atoms with Crippen LogP contribution in [0.4, 0.5) is 0 Å². The number of thioether (sulfide) groups is 1. The average molecular weight is 243 g/mol. The van der Waals surface area contributed by atoms with Gasteiger partial charge < -0.3 is 10.4 Å². The van der Waals surface area contributed by atoms with Crippen molar-refractivity contribution in [2.24, 2.45) is 0 Å². The van der Waals surface area contributed by atoms with Crippen LogP contribution in [0.15, 0.2) is 11.6 Å². The first-order valence-electron chi connectivity index (χ1n) is 5.74. The van der Waals surface area contributed by atoms with Gasteiger partial charge in [-0.3, -0.25) is 4.79 Å². The third kappa shape index (κ3) is 3.52. The molecule has 1 aliphatic rings. The molecule has 0 aromatic heterocycles. The molecule has 0 radical (unpaired) electrons. The lowest BCUT2D eigenvalue weighted by Gasteiger charge is -2.44. The van der Waals surface area contributed by atoms with Crippen molar-refractivity contribution in [2.45, 2.75) is 44.5 Å². The molecular weight excluding hydrogens is 222 g/mol. The van der Waals surface area contributed by atoms with E-state index in [9.17, 15) is 9.90 Å². The summed E-state index contributed by atoms with van der Waals surface area (Å²) >= 11 is 1.77. The molecule has 2 N–H and O–H groups in total. The van der Waals surface area contributed by atoms with Gasteiger partial charge in [0.1, 0.15) is 0 Å². The maximum Gasteiger partial charge on any atom is 0.244 e. The average Bonchev–Trinajstić information content (AvgIpc) is 2.20. The number of carbonyl (C=O) groups excluding carboxylic acids is 1. The van der Waals surface area contributed by atoms with Crippen LogP contribution in [0.3, 0.4) is 0 Å².